The van der Waals surface area contributed by atoms with Crippen LogP contribution in [-0.4, -0.2) is 43.6 Å². The van der Waals surface area contributed by atoms with Crippen molar-refractivity contribution in [2.75, 3.05) is 20.8 Å². The van der Waals surface area contributed by atoms with Gasteiger partial charge in [-0.2, -0.15) is 5.26 Å². The van der Waals surface area contributed by atoms with E-state index in [1.54, 1.807) is 30.3 Å². The smallest absolute Gasteiger partial charge is 0.329 e. The van der Waals surface area contributed by atoms with Crippen LogP contribution in [0.3, 0.4) is 0 Å². The number of nitrogens with one attached hydrogen (secondary N) is 1. The summed E-state index contributed by atoms with van der Waals surface area (Å²) in [4.78, 5) is 36.7. The number of esters is 1. The van der Waals surface area contributed by atoms with E-state index < -0.39 is 24.5 Å². The molecule has 1 fully saturated rings. The van der Waals surface area contributed by atoms with Crippen molar-refractivity contribution >= 4 is 39.9 Å². The van der Waals surface area contributed by atoms with E-state index in [9.17, 15) is 19.6 Å². The number of carbonyl (C=O) groups excluding carboxylic acids is 3. The van der Waals surface area contributed by atoms with Gasteiger partial charge in [0.15, 0.2) is 11.5 Å². The van der Waals surface area contributed by atoms with Crippen molar-refractivity contribution in [3.63, 3.8) is 0 Å². The van der Waals surface area contributed by atoms with Crippen molar-refractivity contribution in [1.29, 1.82) is 5.26 Å². The van der Waals surface area contributed by atoms with Crippen LogP contribution in [0.15, 0.2) is 46.6 Å². The fourth-order valence-corrected chi connectivity index (χ4v) is 3.52. The van der Waals surface area contributed by atoms with Crippen LogP contribution in [0, 0.1) is 11.3 Å². The second-order valence-electron chi connectivity index (χ2n) is 6.55. The quantitative estimate of drug-likeness (QED) is 0.353. The number of carbonyl (C=O) groups is 3. The molecule has 164 valence electrons. The number of hydrogen-bond donors (Lipinski definition) is 1. The number of urea groups is 1. The van der Waals surface area contributed by atoms with E-state index in [0.717, 1.165) is 10.5 Å². The standard InChI is InChI=1S/C22H18BrN3O6/c1-30-18-9-13(8-17-21(28)26(22(29)25-17)11-19(27)31-2)7-16(23)20(18)32-12-15-6-4-3-5-14(15)10-24/h3-9H,11-12H2,1-2H3,(H,25,29)/b17-8+. The summed E-state index contributed by atoms with van der Waals surface area (Å²) in [5, 5.41) is 11.7. The molecule has 1 saturated heterocycles. The third kappa shape index (κ3) is 4.90. The third-order valence-electron chi connectivity index (χ3n) is 4.55. The Morgan fingerprint density at radius 3 is 2.69 bits per heavy atom. The fourth-order valence-electron chi connectivity index (χ4n) is 2.94. The average Bonchev–Trinajstić information content (AvgIpc) is 3.05. The van der Waals surface area contributed by atoms with Gasteiger partial charge in [0.1, 0.15) is 18.8 Å². The highest BCUT2D eigenvalue weighted by atomic mass is 79.9. The van der Waals surface area contributed by atoms with Gasteiger partial charge in [-0.15, -0.1) is 0 Å². The first-order valence-corrected chi connectivity index (χ1v) is 10.1. The van der Waals surface area contributed by atoms with E-state index in [4.69, 9.17) is 9.47 Å². The van der Waals surface area contributed by atoms with Crippen LogP contribution < -0.4 is 14.8 Å². The first kappa shape index (κ1) is 22.8. The number of imide groups is 1. The van der Waals surface area contributed by atoms with Crippen molar-refractivity contribution in [1.82, 2.24) is 10.2 Å². The zero-order valence-corrected chi connectivity index (χ0v) is 18.8. The first-order valence-electron chi connectivity index (χ1n) is 9.27. The molecule has 0 atom stereocenters. The predicted molar refractivity (Wildman–Crippen MR) is 116 cm³/mol. The highest BCUT2D eigenvalue weighted by Crippen LogP contribution is 2.38. The zero-order chi connectivity index (χ0) is 23.3. The molecule has 9 nitrogen and oxygen atoms in total. The molecule has 1 N–H and O–H groups in total. The number of hydrogen-bond acceptors (Lipinski definition) is 7. The van der Waals surface area contributed by atoms with Crippen molar-refractivity contribution in [3.8, 4) is 17.6 Å². The van der Waals surface area contributed by atoms with Gasteiger partial charge in [-0.1, -0.05) is 18.2 Å². The summed E-state index contributed by atoms with van der Waals surface area (Å²) in [5.74, 6) is -0.567. The molecule has 2 aromatic carbocycles. The van der Waals surface area contributed by atoms with Crippen LogP contribution in [-0.2, 0) is 20.9 Å². The van der Waals surface area contributed by atoms with Crippen molar-refractivity contribution in [2.45, 2.75) is 6.61 Å². The van der Waals surface area contributed by atoms with Gasteiger partial charge in [-0.05, 0) is 45.8 Å². The van der Waals surface area contributed by atoms with Gasteiger partial charge in [0, 0.05) is 5.56 Å². The third-order valence-corrected chi connectivity index (χ3v) is 5.14. The number of ether oxygens (including phenoxy) is 3. The summed E-state index contributed by atoms with van der Waals surface area (Å²) < 4.78 is 16.4. The molecule has 10 heteroatoms. The van der Waals surface area contributed by atoms with E-state index in [-0.39, 0.29) is 12.3 Å². The van der Waals surface area contributed by atoms with Crippen LogP contribution in [0.1, 0.15) is 16.7 Å². The highest BCUT2D eigenvalue weighted by molar-refractivity contribution is 9.10. The van der Waals surface area contributed by atoms with Crippen molar-refractivity contribution < 1.29 is 28.6 Å². The number of amides is 3. The topological polar surface area (TPSA) is 118 Å². The Morgan fingerprint density at radius 2 is 2.00 bits per heavy atom. The number of nitrogens with zero attached hydrogens (tertiary/aromatic N) is 2. The van der Waals surface area contributed by atoms with Crippen LogP contribution in [0.4, 0.5) is 4.79 Å². The zero-order valence-electron chi connectivity index (χ0n) is 17.2. The van der Waals surface area contributed by atoms with E-state index in [1.165, 1.54) is 20.3 Å². The van der Waals surface area contributed by atoms with Gasteiger partial charge in [0.05, 0.1) is 30.3 Å². The number of methoxy groups -OCH3 is 2. The van der Waals surface area contributed by atoms with Crippen LogP contribution in [0.25, 0.3) is 6.08 Å². The summed E-state index contributed by atoms with van der Waals surface area (Å²) in [6.07, 6.45) is 1.46. The molecule has 0 aliphatic carbocycles. The minimum Gasteiger partial charge on any atom is -0.493 e. The van der Waals surface area contributed by atoms with Crippen LogP contribution >= 0.6 is 15.9 Å². The molecule has 1 aliphatic rings. The molecule has 32 heavy (non-hydrogen) atoms. The average molecular weight is 500 g/mol. The Morgan fingerprint density at radius 1 is 1.25 bits per heavy atom. The Labute approximate surface area is 192 Å². The lowest BCUT2D eigenvalue weighted by atomic mass is 10.1. The lowest BCUT2D eigenvalue weighted by Crippen LogP contribution is -2.36. The van der Waals surface area contributed by atoms with E-state index in [2.05, 4.69) is 32.1 Å². The molecule has 3 amide bonds. The van der Waals surface area contributed by atoms with E-state index in [0.29, 0.717) is 27.1 Å². The van der Waals surface area contributed by atoms with Gasteiger partial charge >= 0.3 is 12.0 Å². The van der Waals surface area contributed by atoms with Gasteiger partial charge in [0.2, 0.25) is 0 Å². The second-order valence-corrected chi connectivity index (χ2v) is 7.40. The minimum atomic E-state index is -0.714. The molecule has 0 bridgehead atoms. The molecular weight excluding hydrogens is 482 g/mol. The fraction of sp³-hybridized carbons (Fsp3) is 0.182. The molecule has 2 aromatic rings. The molecule has 0 spiro atoms. The van der Waals surface area contributed by atoms with Crippen LogP contribution in [0.2, 0.25) is 0 Å². The summed E-state index contributed by atoms with van der Waals surface area (Å²) in [6, 6.07) is 11.8. The van der Waals surface area contributed by atoms with Crippen molar-refractivity contribution in [3.05, 3.63) is 63.3 Å². The molecule has 1 heterocycles. The van der Waals surface area contributed by atoms with Crippen LogP contribution in [0.5, 0.6) is 11.5 Å². The predicted octanol–water partition coefficient (Wildman–Crippen LogP) is 2.97. The Hall–Kier alpha value is -3.84. The Kier molecular flexibility index (Phi) is 7.12. The summed E-state index contributed by atoms with van der Waals surface area (Å²) in [7, 11) is 2.64. The van der Waals surface area contributed by atoms with Gasteiger partial charge in [-0.25, -0.2) is 9.69 Å². The van der Waals surface area contributed by atoms with E-state index in [1.807, 2.05) is 6.07 Å². The summed E-state index contributed by atoms with van der Waals surface area (Å²) >= 11 is 3.44. The van der Waals surface area contributed by atoms with E-state index >= 15 is 0 Å². The van der Waals surface area contributed by atoms with Gasteiger partial charge in [0.25, 0.3) is 5.91 Å². The first-order chi connectivity index (χ1) is 15.4. The maximum atomic E-state index is 12.5. The molecule has 0 aromatic heterocycles. The lowest BCUT2D eigenvalue weighted by Gasteiger charge is -2.14. The SMILES string of the molecule is COC(=O)CN1C(=O)N/C(=C/c2cc(Br)c(OCc3ccccc3C#N)c(OC)c2)C1=O. The summed E-state index contributed by atoms with van der Waals surface area (Å²) in [6.45, 7) is -0.335. The molecule has 3 rings (SSSR count). The number of rotatable bonds is 7. The van der Waals surface area contributed by atoms with Crippen molar-refractivity contribution in [2.24, 2.45) is 0 Å². The normalized spacial score (nSPS) is 14.2. The monoisotopic (exact) mass is 499 g/mol. The largest absolute Gasteiger partial charge is 0.493 e. The molecule has 0 unspecified atom stereocenters. The van der Waals surface area contributed by atoms with Gasteiger partial charge in [-0.3, -0.25) is 9.59 Å². The second kappa shape index (κ2) is 9.98. The maximum Gasteiger partial charge on any atom is 0.329 e. The Balaban J connectivity index is 1.83. The van der Waals surface area contributed by atoms with Gasteiger partial charge < -0.3 is 19.5 Å². The lowest BCUT2D eigenvalue weighted by molar-refractivity contribution is -0.143. The Bertz CT molecular complexity index is 1150. The minimum absolute atomic E-state index is 0.00414. The number of halogens is 1. The number of nitriles is 1. The highest BCUT2D eigenvalue weighted by Gasteiger charge is 2.35. The maximum absolute atomic E-state index is 12.5. The molecule has 1 aliphatic heterocycles. The molecule has 0 radical (unpaired) electrons. The summed E-state index contributed by atoms with van der Waals surface area (Å²) in [5.41, 5.74) is 1.78. The molecule has 0 saturated carbocycles. The number of benzene rings is 2. The molecular formula is C22H18BrN3O6.